The Labute approximate surface area is 118 Å². The molecule has 1 aromatic heterocycles. The van der Waals surface area contributed by atoms with Gasteiger partial charge in [0, 0.05) is 43.4 Å². The van der Waals surface area contributed by atoms with Gasteiger partial charge < -0.3 is 10.3 Å². The Morgan fingerprint density at radius 1 is 1.26 bits per heavy atom. The quantitative estimate of drug-likeness (QED) is 0.871. The minimum atomic E-state index is 0.783. The Morgan fingerprint density at radius 2 is 2.05 bits per heavy atom. The maximum absolute atomic E-state index is 5.81. The van der Waals surface area contributed by atoms with Crippen LogP contribution in [0.4, 0.5) is 5.69 Å². The summed E-state index contributed by atoms with van der Waals surface area (Å²) in [5, 5.41) is 0. The number of nitrogens with zero attached hydrogens (tertiary/aromatic N) is 3. The number of fused-ring (bicyclic) bond motifs is 1. The molecule has 0 bridgehead atoms. The smallest absolute Gasteiger partial charge is 0.106 e. The van der Waals surface area contributed by atoms with Crippen LogP contribution in [0.15, 0.2) is 18.2 Å². The van der Waals surface area contributed by atoms with Crippen molar-refractivity contribution in [3.8, 4) is 0 Å². The largest absolute Gasteiger partial charge is 0.399 e. The van der Waals surface area contributed by atoms with Crippen molar-refractivity contribution >= 4 is 28.5 Å². The fourth-order valence-corrected chi connectivity index (χ4v) is 3.59. The summed E-state index contributed by atoms with van der Waals surface area (Å²) >= 11 is 2.05. The van der Waals surface area contributed by atoms with E-state index in [0.29, 0.717) is 0 Å². The van der Waals surface area contributed by atoms with E-state index in [4.69, 9.17) is 5.73 Å². The van der Waals surface area contributed by atoms with Gasteiger partial charge in [-0.05, 0) is 25.1 Å². The van der Waals surface area contributed by atoms with Gasteiger partial charge in [-0.25, -0.2) is 4.98 Å². The summed E-state index contributed by atoms with van der Waals surface area (Å²) in [4.78, 5) is 7.14. The first kappa shape index (κ1) is 12.8. The third-order valence-electron chi connectivity index (χ3n) is 3.71. The molecule has 1 saturated heterocycles. The third-order valence-corrected chi connectivity index (χ3v) is 4.65. The summed E-state index contributed by atoms with van der Waals surface area (Å²) in [6.07, 6.45) is 0. The molecular weight excluding hydrogens is 256 g/mol. The highest BCUT2D eigenvalue weighted by atomic mass is 32.2. The van der Waals surface area contributed by atoms with Gasteiger partial charge in [-0.15, -0.1) is 0 Å². The van der Waals surface area contributed by atoms with Crippen molar-refractivity contribution in [3.05, 3.63) is 24.0 Å². The van der Waals surface area contributed by atoms with Crippen LogP contribution in [0.5, 0.6) is 0 Å². The Balaban J connectivity index is 1.78. The Kier molecular flexibility index (Phi) is 3.66. The number of thioether (sulfide) groups is 1. The Morgan fingerprint density at radius 3 is 2.84 bits per heavy atom. The molecule has 0 saturated carbocycles. The summed E-state index contributed by atoms with van der Waals surface area (Å²) in [6, 6.07) is 5.99. The van der Waals surface area contributed by atoms with Crippen molar-refractivity contribution in [3.63, 3.8) is 0 Å². The molecule has 1 fully saturated rings. The third kappa shape index (κ3) is 2.72. The second kappa shape index (κ2) is 5.43. The van der Waals surface area contributed by atoms with Crippen molar-refractivity contribution in [2.24, 2.45) is 0 Å². The van der Waals surface area contributed by atoms with Gasteiger partial charge in [0.2, 0.25) is 0 Å². The van der Waals surface area contributed by atoms with Crippen molar-refractivity contribution in [1.82, 2.24) is 14.5 Å². The zero-order valence-electron chi connectivity index (χ0n) is 11.3. The highest BCUT2D eigenvalue weighted by Crippen LogP contribution is 2.19. The summed E-state index contributed by atoms with van der Waals surface area (Å²) in [6.45, 7) is 6.61. The second-order valence-electron chi connectivity index (χ2n) is 5.01. The number of nitrogen functional groups attached to an aromatic ring is 1. The molecule has 4 nitrogen and oxygen atoms in total. The van der Waals surface area contributed by atoms with Gasteiger partial charge in [-0.3, -0.25) is 4.90 Å². The maximum Gasteiger partial charge on any atom is 0.106 e. The number of nitrogens with two attached hydrogens (primary N) is 1. The molecule has 1 aliphatic heterocycles. The van der Waals surface area contributed by atoms with E-state index in [2.05, 4.69) is 39.2 Å². The minimum Gasteiger partial charge on any atom is -0.399 e. The lowest BCUT2D eigenvalue weighted by atomic mass is 10.3. The molecule has 2 N–H and O–H groups in total. The molecule has 3 rings (SSSR count). The average Bonchev–Trinajstić information content (AvgIpc) is 2.72. The van der Waals surface area contributed by atoms with Gasteiger partial charge in [-0.1, -0.05) is 0 Å². The van der Waals surface area contributed by atoms with Crippen LogP contribution in [-0.4, -0.2) is 45.6 Å². The van der Waals surface area contributed by atoms with Crippen molar-refractivity contribution in [1.29, 1.82) is 0 Å². The predicted molar refractivity (Wildman–Crippen MR) is 82.6 cm³/mol. The molecule has 0 radical (unpaired) electrons. The highest BCUT2D eigenvalue weighted by molar-refractivity contribution is 7.99. The lowest BCUT2D eigenvalue weighted by Crippen LogP contribution is -2.35. The van der Waals surface area contributed by atoms with Crippen LogP contribution in [0.25, 0.3) is 11.0 Å². The molecule has 2 aromatic rings. The Bertz CT molecular complexity index is 572. The van der Waals surface area contributed by atoms with E-state index in [1.54, 1.807) is 0 Å². The molecule has 0 spiro atoms. The number of anilines is 1. The lowest BCUT2D eigenvalue weighted by molar-refractivity contribution is 0.290. The molecular formula is C14H20N4S. The molecule has 5 heteroatoms. The molecule has 102 valence electrons. The van der Waals surface area contributed by atoms with Gasteiger partial charge in [-0.2, -0.15) is 11.8 Å². The SMILES string of the molecule is Cc1nc2cc(N)ccc2n1CCN1CCSCC1. The number of aryl methyl sites for hydroxylation is 1. The van der Waals surface area contributed by atoms with Crippen LogP contribution >= 0.6 is 11.8 Å². The van der Waals surface area contributed by atoms with E-state index in [0.717, 1.165) is 30.1 Å². The van der Waals surface area contributed by atoms with Crippen LogP contribution in [-0.2, 0) is 6.54 Å². The summed E-state index contributed by atoms with van der Waals surface area (Å²) in [5.41, 5.74) is 8.80. The van der Waals surface area contributed by atoms with E-state index in [1.165, 1.54) is 30.1 Å². The normalized spacial score (nSPS) is 17.1. The number of hydrogen-bond donors (Lipinski definition) is 1. The number of hydrogen-bond acceptors (Lipinski definition) is 4. The van der Waals surface area contributed by atoms with Crippen LogP contribution < -0.4 is 5.73 Å². The van der Waals surface area contributed by atoms with Crippen LogP contribution in [0.1, 0.15) is 5.82 Å². The molecule has 2 heterocycles. The fraction of sp³-hybridized carbons (Fsp3) is 0.500. The first-order valence-corrected chi connectivity index (χ1v) is 7.92. The van der Waals surface area contributed by atoms with Gasteiger partial charge in [0.05, 0.1) is 11.0 Å². The standard InChI is InChI=1S/C14H20N4S/c1-11-16-13-10-12(15)2-3-14(13)18(11)5-4-17-6-8-19-9-7-17/h2-3,10H,4-9,15H2,1H3. The summed E-state index contributed by atoms with van der Waals surface area (Å²) in [7, 11) is 0. The van der Waals surface area contributed by atoms with E-state index in [-0.39, 0.29) is 0 Å². The average molecular weight is 276 g/mol. The topological polar surface area (TPSA) is 47.1 Å². The van der Waals surface area contributed by atoms with E-state index < -0.39 is 0 Å². The highest BCUT2D eigenvalue weighted by Gasteiger charge is 2.12. The van der Waals surface area contributed by atoms with E-state index in [1.807, 2.05) is 12.1 Å². The fourth-order valence-electron chi connectivity index (χ4n) is 2.62. The molecule has 0 unspecified atom stereocenters. The van der Waals surface area contributed by atoms with Gasteiger partial charge in [0.15, 0.2) is 0 Å². The maximum atomic E-state index is 5.81. The second-order valence-corrected chi connectivity index (χ2v) is 6.24. The molecule has 0 atom stereocenters. The molecule has 0 amide bonds. The van der Waals surface area contributed by atoms with E-state index in [9.17, 15) is 0 Å². The molecule has 1 aliphatic rings. The first-order chi connectivity index (χ1) is 9.24. The number of rotatable bonds is 3. The predicted octanol–water partition coefficient (Wildman–Crippen LogP) is 1.98. The zero-order chi connectivity index (χ0) is 13.2. The first-order valence-electron chi connectivity index (χ1n) is 6.76. The van der Waals surface area contributed by atoms with Gasteiger partial charge in [0.1, 0.15) is 5.82 Å². The summed E-state index contributed by atoms with van der Waals surface area (Å²) < 4.78 is 2.30. The minimum absolute atomic E-state index is 0.783. The van der Waals surface area contributed by atoms with Crippen molar-refractivity contribution in [2.75, 3.05) is 36.9 Å². The number of imidazole rings is 1. The molecule has 19 heavy (non-hydrogen) atoms. The van der Waals surface area contributed by atoms with E-state index >= 15 is 0 Å². The number of benzene rings is 1. The van der Waals surface area contributed by atoms with Crippen molar-refractivity contribution < 1.29 is 0 Å². The van der Waals surface area contributed by atoms with Gasteiger partial charge in [0.25, 0.3) is 0 Å². The van der Waals surface area contributed by atoms with Crippen LogP contribution in [0.3, 0.4) is 0 Å². The number of aromatic nitrogens is 2. The zero-order valence-corrected chi connectivity index (χ0v) is 12.1. The van der Waals surface area contributed by atoms with Crippen LogP contribution in [0.2, 0.25) is 0 Å². The lowest BCUT2D eigenvalue weighted by Gasteiger charge is -2.26. The monoisotopic (exact) mass is 276 g/mol. The molecule has 1 aromatic carbocycles. The van der Waals surface area contributed by atoms with Crippen molar-refractivity contribution in [2.45, 2.75) is 13.5 Å². The Hall–Kier alpha value is -1.20. The van der Waals surface area contributed by atoms with Crippen LogP contribution in [0, 0.1) is 6.92 Å². The summed E-state index contributed by atoms with van der Waals surface area (Å²) in [5.74, 6) is 3.60. The molecule has 0 aliphatic carbocycles. The van der Waals surface area contributed by atoms with Gasteiger partial charge >= 0.3 is 0 Å².